The second-order valence-corrected chi connectivity index (χ2v) is 3.83. The van der Waals surface area contributed by atoms with Crippen LogP contribution in [0.5, 0.6) is 0 Å². The van der Waals surface area contributed by atoms with Crippen molar-refractivity contribution in [2.75, 3.05) is 42.2 Å². The van der Waals surface area contributed by atoms with Crippen molar-refractivity contribution in [2.45, 2.75) is 30.7 Å². The van der Waals surface area contributed by atoms with Gasteiger partial charge in [0.25, 0.3) is 0 Å². The monoisotopic (exact) mass is 250 g/mol. The minimum Gasteiger partial charge on any atom is -0.382 e. The number of methoxy groups -OCH3 is 5. The van der Waals surface area contributed by atoms with E-state index < -0.39 is 6.29 Å². The zero-order valence-electron chi connectivity index (χ0n) is 11.0. The van der Waals surface area contributed by atoms with Gasteiger partial charge in [-0.3, -0.25) is 0 Å². The largest absolute Gasteiger partial charge is 0.382 e. The lowest BCUT2D eigenvalue weighted by atomic mass is 10.1. The van der Waals surface area contributed by atoms with Crippen molar-refractivity contribution in [1.82, 2.24) is 0 Å². The van der Waals surface area contributed by atoms with E-state index in [1.54, 1.807) is 35.5 Å². The summed E-state index contributed by atoms with van der Waals surface area (Å²) in [7, 11) is 8.02. The molecule has 1 saturated heterocycles. The van der Waals surface area contributed by atoms with Crippen molar-refractivity contribution in [3.63, 3.8) is 0 Å². The minimum absolute atomic E-state index is 0.220. The molecule has 102 valence electrons. The standard InChI is InChI=1S/C11H22O6/c1-12-6-7(13-2)8-9(14-3)10(15-4)11(16-5)17-8/h7-11H,6H2,1-5H3/t7-,8+,9+,10-,11+/m1/s1. The van der Waals surface area contributed by atoms with Crippen molar-refractivity contribution in [1.29, 1.82) is 0 Å². The molecule has 1 rings (SSSR count). The van der Waals surface area contributed by atoms with Gasteiger partial charge in [-0.25, -0.2) is 0 Å². The van der Waals surface area contributed by atoms with Crippen LogP contribution in [-0.2, 0) is 28.4 Å². The molecule has 17 heavy (non-hydrogen) atoms. The molecule has 0 bridgehead atoms. The Bertz CT molecular complexity index is 212. The zero-order chi connectivity index (χ0) is 12.8. The van der Waals surface area contributed by atoms with E-state index in [9.17, 15) is 0 Å². The molecule has 0 aromatic carbocycles. The third-order valence-corrected chi connectivity index (χ3v) is 2.98. The molecule has 0 amide bonds. The Balaban J connectivity index is 2.76. The van der Waals surface area contributed by atoms with Crippen LogP contribution >= 0.6 is 0 Å². The fourth-order valence-corrected chi connectivity index (χ4v) is 2.12. The molecule has 0 N–H and O–H groups in total. The van der Waals surface area contributed by atoms with Crippen molar-refractivity contribution < 1.29 is 28.4 Å². The molecule has 1 fully saturated rings. The summed E-state index contributed by atoms with van der Waals surface area (Å²) in [4.78, 5) is 0. The number of hydrogen-bond donors (Lipinski definition) is 0. The predicted molar refractivity (Wildman–Crippen MR) is 59.9 cm³/mol. The van der Waals surface area contributed by atoms with Crippen LogP contribution in [0.3, 0.4) is 0 Å². The Hall–Kier alpha value is -0.240. The van der Waals surface area contributed by atoms with Gasteiger partial charge in [0.1, 0.15) is 24.4 Å². The lowest BCUT2D eigenvalue weighted by Crippen LogP contribution is -2.43. The second kappa shape index (κ2) is 7.25. The van der Waals surface area contributed by atoms with Gasteiger partial charge in [0.2, 0.25) is 0 Å². The van der Waals surface area contributed by atoms with Crippen LogP contribution in [0.1, 0.15) is 0 Å². The van der Waals surface area contributed by atoms with Crippen LogP contribution in [0.25, 0.3) is 0 Å². The highest BCUT2D eigenvalue weighted by molar-refractivity contribution is 4.93. The van der Waals surface area contributed by atoms with E-state index in [1.165, 1.54) is 0 Å². The normalized spacial score (nSPS) is 35.1. The molecule has 1 aliphatic rings. The zero-order valence-corrected chi connectivity index (χ0v) is 11.0. The fraction of sp³-hybridized carbons (Fsp3) is 1.00. The summed E-state index contributed by atoms with van der Waals surface area (Å²) in [5.41, 5.74) is 0. The van der Waals surface area contributed by atoms with Crippen LogP contribution in [-0.4, -0.2) is 72.9 Å². The molecule has 0 spiro atoms. The summed E-state index contributed by atoms with van der Waals surface area (Å²) in [5, 5.41) is 0. The lowest BCUT2D eigenvalue weighted by Gasteiger charge is -2.26. The Morgan fingerprint density at radius 2 is 1.59 bits per heavy atom. The molecule has 1 aliphatic heterocycles. The van der Waals surface area contributed by atoms with Gasteiger partial charge >= 0.3 is 0 Å². The first kappa shape index (κ1) is 14.8. The highest BCUT2D eigenvalue weighted by Crippen LogP contribution is 2.29. The van der Waals surface area contributed by atoms with Crippen LogP contribution in [0.2, 0.25) is 0 Å². The molecule has 0 saturated carbocycles. The number of hydrogen-bond acceptors (Lipinski definition) is 6. The molecular formula is C11H22O6. The van der Waals surface area contributed by atoms with Gasteiger partial charge in [-0.1, -0.05) is 0 Å². The third kappa shape index (κ3) is 3.15. The lowest BCUT2D eigenvalue weighted by molar-refractivity contribution is -0.175. The highest BCUT2D eigenvalue weighted by atomic mass is 16.7. The maximum absolute atomic E-state index is 5.75. The predicted octanol–water partition coefficient (Wildman–Crippen LogP) is 0.0491. The van der Waals surface area contributed by atoms with Crippen molar-refractivity contribution >= 4 is 0 Å². The Morgan fingerprint density at radius 3 is 2.00 bits per heavy atom. The average molecular weight is 250 g/mol. The van der Waals surface area contributed by atoms with E-state index in [4.69, 9.17) is 28.4 Å². The van der Waals surface area contributed by atoms with E-state index >= 15 is 0 Å². The molecule has 0 radical (unpaired) electrons. The van der Waals surface area contributed by atoms with Gasteiger partial charge in [0, 0.05) is 35.5 Å². The molecular weight excluding hydrogens is 228 g/mol. The van der Waals surface area contributed by atoms with E-state index in [0.29, 0.717) is 6.61 Å². The number of ether oxygens (including phenoxy) is 6. The minimum atomic E-state index is -0.454. The molecule has 0 unspecified atom stereocenters. The second-order valence-electron chi connectivity index (χ2n) is 3.83. The SMILES string of the molecule is COC[C@@H](OC)[C@@H]1O[C@H](OC)[C@H](OC)[C@H]1OC. The summed E-state index contributed by atoms with van der Waals surface area (Å²) < 4.78 is 32.2. The summed E-state index contributed by atoms with van der Waals surface area (Å²) in [6.45, 7) is 0.424. The first-order valence-electron chi connectivity index (χ1n) is 5.49. The molecule has 5 atom stereocenters. The Kier molecular flexibility index (Phi) is 6.32. The third-order valence-electron chi connectivity index (χ3n) is 2.98. The van der Waals surface area contributed by atoms with Gasteiger partial charge < -0.3 is 28.4 Å². The van der Waals surface area contributed by atoms with E-state index in [0.717, 1.165) is 0 Å². The maximum atomic E-state index is 5.75. The smallest absolute Gasteiger partial charge is 0.186 e. The van der Waals surface area contributed by atoms with E-state index in [-0.39, 0.29) is 24.4 Å². The molecule has 0 aromatic rings. The summed E-state index contributed by atoms with van der Waals surface area (Å²) in [5.74, 6) is 0. The Morgan fingerprint density at radius 1 is 0.941 bits per heavy atom. The van der Waals surface area contributed by atoms with Gasteiger partial charge in [0.15, 0.2) is 6.29 Å². The van der Waals surface area contributed by atoms with Crippen LogP contribution in [0.15, 0.2) is 0 Å². The quantitative estimate of drug-likeness (QED) is 0.636. The van der Waals surface area contributed by atoms with E-state index in [2.05, 4.69) is 0 Å². The molecule has 0 aliphatic carbocycles. The molecule has 6 heteroatoms. The van der Waals surface area contributed by atoms with Gasteiger partial charge in [0.05, 0.1) is 6.61 Å². The van der Waals surface area contributed by atoms with Crippen LogP contribution in [0.4, 0.5) is 0 Å². The van der Waals surface area contributed by atoms with Gasteiger partial charge in [-0.2, -0.15) is 0 Å². The summed E-state index contributed by atoms with van der Waals surface area (Å²) in [6.07, 6.45) is -1.47. The van der Waals surface area contributed by atoms with Crippen molar-refractivity contribution in [3.8, 4) is 0 Å². The Labute approximate surface area is 102 Å². The summed E-state index contributed by atoms with van der Waals surface area (Å²) >= 11 is 0. The van der Waals surface area contributed by atoms with E-state index in [1.807, 2.05) is 0 Å². The summed E-state index contributed by atoms with van der Waals surface area (Å²) in [6, 6.07) is 0. The van der Waals surface area contributed by atoms with Gasteiger partial charge in [-0.15, -0.1) is 0 Å². The number of rotatable bonds is 7. The fourth-order valence-electron chi connectivity index (χ4n) is 2.12. The average Bonchev–Trinajstić information content (AvgIpc) is 2.73. The molecule has 6 nitrogen and oxygen atoms in total. The maximum Gasteiger partial charge on any atom is 0.186 e. The van der Waals surface area contributed by atoms with Crippen molar-refractivity contribution in [2.24, 2.45) is 0 Å². The first-order chi connectivity index (χ1) is 8.23. The van der Waals surface area contributed by atoms with Gasteiger partial charge in [-0.05, 0) is 0 Å². The van der Waals surface area contributed by atoms with Crippen LogP contribution < -0.4 is 0 Å². The van der Waals surface area contributed by atoms with Crippen molar-refractivity contribution in [3.05, 3.63) is 0 Å². The topological polar surface area (TPSA) is 55.4 Å². The van der Waals surface area contributed by atoms with Crippen LogP contribution in [0, 0.1) is 0 Å². The first-order valence-corrected chi connectivity index (χ1v) is 5.49. The molecule has 0 aromatic heterocycles. The molecule has 1 heterocycles. The highest BCUT2D eigenvalue weighted by Gasteiger charge is 2.49.